The van der Waals surface area contributed by atoms with Crippen molar-refractivity contribution in [3.05, 3.63) is 117 Å². The summed E-state index contributed by atoms with van der Waals surface area (Å²) in [5, 5.41) is 0. The molecule has 4 aromatic carbocycles. The molecule has 1 aliphatic carbocycles. The molecule has 0 saturated heterocycles. The average Bonchev–Trinajstić information content (AvgIpc) is 3.01. The maximum atomic E-state index is 3.61. The van der Waals surface area contributed by atoms with Gasteiger partial charge >= 0.3 is 0 Å². The molecule has 0 amide bonds. The van der Waals surface area contributed by atoms with Crippen LogP contribution < -0.4 is 0 Å². The molecule has 0 N–H and O–H groups in total. The highest BCUT2D eigenvalue weighted by Gasteiger charge is 2.29. The van der Waals surface area contributed by atoms with E-state index in [0.717, 1.165) is 8.95 Å². The van der Waals surface area contributed by atoms with E-state index in [1.54, 1.807) is 0 Å². The van der Waals surface area contributed by atoms with Crippen LogP contribution in [0.4, 0.5) is 0 Å². The molecular formula is C25H16Br2. The van der Waals surface area contributed by atoms with Crippen molar-refractivity contribution >= 4 is 31.9 Å². The zero-order valence-corrected chi connectivity index (χ0v) is 17.7. The largest absolute Gasteiger partial charge is 0.0622 e. The molecule has 1 unspecified atom stereocenters. The third-order valence-electron chi connectivity index (χ3n) is 5.25. The summed E-state index contributed by atoms with van der Waals surface area (Å²) in [6.45, 7) is 0. The molecular weight excluding hydrogens is 460 g/mol. The lowest BCUT2D eigenvalue weighted by Gasteiger charge is -2.15. The van der Waals surface area contributed by atoms with E-state index < -0.39 is 0 Å². The zero-order valence-electron chi connectivity index (χ0n) is 14.5. The Morgan fingerprint density at radius 2 is 1.19 bits per heavy atom. The molecule has 2 heteroatoms. The van der Waals surface area contributed by atoms with Crippen molar-refractivity contribution in [2.75, 3.05) is 0 Å². The maximum absolute atomic E-state index is 3.61. The second-order valence-corrected chi connectivity index (χ2v) is 8.72. The molecule has 27 heavy (non-hydrogen) atoms. The van der Waals surface area contributed by atoms with Crippen molar-refractivity contribution in [1.29, 1.82) is 0 Å². The van der Waals surface area contributed by atoms with Gasteiger partial charge in [0.2, 0.25) is 0 Å². The molecule has 1 aliphatic rings. The van der Waals surface area contributed by atoms with E-state index in [4.69, 9.17) is 0 Å². The third kappa shape index (κ3) is 2.97. The minimum absolute atomic E-state index is 0.285. The minimum Gasteiger partial charge on any atom is -0.0622 e. The Morgan fingerprint density at radius 1 is 0.519 bits per heavy atom. The SMILES string of the molecule is Brc1cc(Br)cc(-c2ccc3c(c2)C(c2ccccc2)c2ccccc2-3)c1. The number of rotatable bonds is 2. The summed E-state index contributed by atoms with van der Waals surface area (Å²) in [6, 6.07) is 32.9. The first-order valence-corrected chi connectivity index (χ1v) is 10.5. The monoisotopic (exact) mass is 474 g/mol. The van der Waals surface area contributed by atoms with Crippen LogP contribution in [0.2, 0.25) is 0 Å². The number of halogens is 2. The molecule has 1 atom stereocenters. The second kappa shape index (κ2) is 6.78. The lowest BCUT2D eigenvalue weighted by molar-refractivity contribution is 1.02. The topological polar surface area (TPSA) is 0 Å². The Morgan fingerprint density at radius 3 is 1.96 bits per heavy atom. The third-order valence-corrected chi connectivity index (χ3v) is 6.17. The smallest absolute Gasteiger partial charge is 0.0352 e. The van der Waals surface area contributed by atoms with Gasteiger partial charge in [-0.05, 0) is 63.2 Å². The molecule has 4 aromatic rings. The fourth-order valence-electron chi connectivity index (χ4n) is 4.11. The number of benzene rings is 4. The van der Waals surface area contributed by atoms with Crippen LogP contribution in [0.1, 0.15) is 22.6 Å². The van der Waals surface area contributed by atoms with Gasteiger partial charge in [0.25, 0.3) is 0 Å². The summed E-state index contributed by atoms with van der Waals surface area (Å²) in [6.07, 6.45) is 0. The highest BCUT2D eigenvalue weighted by atomic mass is 79.9. The van der Waals surface area contributed by atoms with Gasteiger partial charge in [-0.2, -0.15) is 0 Å². The van der Waals surface area contributed by atoms with Gasteiger partial charge in [-0.1, -0.05) is 98.6 Å². The van der Waals surface area contributed by atoms with Gasteiger partial charge in [0.1, 0.15) is 0 Å². The van der Waals surface area contributed by atoms with Crippen molar-refractivity contribution in [3.63, 3.8) is 0 Å². The first-order chi connectivity index (χ1) is 13.2. The fourth-order valence-corrected chi connectivity index (χ4v) is 5.41. The minimum atomic E-state index is 0.285. The number of hydrogen-bond acceptors (Lipinski definition) is 0. The molecule has 0 aromatic heterocycles. The summed E-state index contributed by atoms with van der Waals surface area (Å²) >= 11 is 7.23. The molecule has 0 bridgehead atoms. The van der Waals surface area contributed by atoms with E-state index in [1.807, 2.05) is 0 Å². The molecule has 0 saturated carbocycles. The summed E-state index contributed by atoms with van der Waals surface area (Å²) in [5.74, 6) is 0.285. The lowest BCUT2D eigenvalue weighted by Crippen LogP contribution is -1.99. The summed E-state index contributed by atoms with van der Waals surface area (Å²) in [4.78, 5) is 0. The van der Waals surface area contributed by atoms with Crippen LogP contribution in [0.3, 0.4) is 0 Å². The van der Waals surface area contributed by atoms with E-state index in [1.165, 1.54) is 38.9 Å². The Balaban J connectivity index is 1.72. The molecule has 0 heterocycles. The van der Waals surface area contributed by atoms with Crippen LogP contribution in [0.15, 0.2) is 99.9 Å². The average molecular weight is 476 g/mol. The van der Waals surface area contributed by atoms with Crippen molar-refractivity contribution in [3.8, 4) is 22.3 Å². The Labute approximate surface area is 176 Å². The highest BCUT2D eigenvalue weighted by Crippen LogP contribution is 2.49. The van der Waals surface area contributed by atoms with Crippen LogP contribution in [-0.2, 0) is 0 Å². The van der Waals surface area contributed by atoms with Crippen molar-refractivity contribution < 1.29 is 0 Å². The van der Waals surface area contributed by atoms with E-state index >= 15 is 0 Å². The van der Waals surface area contributed by atoms with Crippen LogP contribution in [0.25, 0.3) is 22.3 Å². The van der Waals surface area contributed by atoms with Crippen molar-refractivity contribution in [1.82, 2.24) is 0 Å². The lowest BCUT2D eigenvalue weighted by atomic mass is 9.88. The molecule has 0 nitrogen and oxygen atoms in total. The van der Waals surface area contributed by atoms with Crippen LogP contribution >= 0.6 is 31.9 Å². The van der Waals surface area contributed by atoms with Crippen molar-refractivity contribution in [2.45, 2.75) is 5.92 Å². The Kier molecular flexibility index (Phi) is 4.26. The second-order valence-electron chi connectivity index (χ2n) is 6.89. The molecule has 0 radical (unpaired) electrons. The first kappa shape index (κ1) is 17.0. The molecule has 0 fully saturated rings. The van der Waals surface area contributed by atoms with Crippen LogP contribution in [-0.4, -0.2) is 0 Å². The molecule has 130 valence electrons. The van der Waals surface area contributed by atoms with E-state index in [0.29, 0.717) is 0 Å². The van der Waals surface area contributed by atoms with Gasteiger partial charge in [-0.15, -0.1) is 0 Å². The molecule has 5 rings (SSSR count). The quantitative estimate of drug-likeness (QED) is 0.242. The van der Waals surface area contributed by atoms with Gasteiger partial charge in [0, 0.05) is 14.9 Å². The maximum Gasteiger partial charge on any atom is 0.0352 e. The number of hydrogen-bond donors (Lipinski definition) is 0. The van der Waals surface area contributed by atoms with E-state index in [-0.39, 0.29) is 5.92 Å². The Hall–Kier alpha value is -2.16. The van der Waals surface area contributed by atoms with E-state index in [9.17, 15) is 0 Å². The number of fused-ring (bicyclic) bond motifs is 3. The zero-order chi connectivity index (χ0) is 18.4. The summed E-state index contributed by atoms with van der Waals surface area (Å²) in [5.41, 5.74) is 9.27. The van der Waals surface area contributed by atoms with Gasteiger partial charge in [-0.25, -0.2) is 0 Å². The van der Waals surface area contributed by atoms with Crippen LogP contribution in [0, 0.1) is 0 Å². The first-order valence-electron chi connectivity index (χ1n) is 8.95. The van der Waals surface area contributed by atoms with Crippen LogP contribution in [0.5, 0.6) is 0 Å². The predicted molar refractivity (Wildman–Crippen MR) is 120 cm³/mol. The van der Waals surface area contributed by atoms with E-state index in [2.05, 4.69) is 123 Å². The van der Waals surface area contributed by atoms with Gasteiger partial charge in [-0.3, -0.25) is 0 Å². The standard InChI is InChI=1S/C25H16Br2/c26-19-12-18(13-20(27)15-19)17-10-11-22-21-8-4-5-9-23(21)25(24(22)14-17)16-6-2-1-3-7-16/h1-15,25H. The summed E-state index contributed by atoms with van der Waals surface area (Å²) < 4.78 is 2.16. The predicted octanol–water partition coefficient (Wildman–Crippen LogP) is 8.04. The Bertz CT molecular complexity index is 1130. The summed E-state index contributed by atoms with van der Waals surface area (Å²) in [7, 11) is 0. The van der Waals surface area contributed by atoms with Gasteiger partial charge in [0.05, 0.1) is 0 Å². The fraction of sp³-hybridized carbons (Fsp3) is 0.0400. The highest BCUT2D eigenvalue weighted by molar-refractivity contribution is 9.11. The molecule has 0 spiro atoms. The normalized spacial score (nSPS) is 14.7. The van der Waals surface area contributed by atoms with Gasteiger partial charge in [0.15, 0.2) is 0 Å². The van der Waals surface area contributed by atoms with Gasteiger partial charge < -0.3 is 0 Å². The van der Waals surface area contributed by atoms with Crippen molar-refractivity contribution in [2.24, 2.45) is 0 Å². The molecule has 0 aliphatic heterocycles.